The van der Waals surface area contributed by atoms with E-state index in [9.17, 15) is 9.59 Å². The molecule has 8 nitrogen and oxygen atoms in total. The SMILES string of the molecule is O=C(COc1ccccc1)OCc1cc(-c2nc([C@H]3CCCCN3C(=O)COc3ccccc3)cs2)ccn1. The predicted molar refractivity (Wildman–Crippen MR) is 147 cm³/mol. The number of aromatic nitrogens is 2. The summed E-state index contributed by atoms with van der Waals surface area (Å²) in [4.78, 5) is 36.3. The van der Waals surface area contributed by atoms with E-state index < -0.39 is 5.97 Å². The molecule has 4 aromatic rings. The number of esters is 1. The van der Waals surface area contributed by atoms with Crippen LogP contribution in [0.15, 0.2) is 84.4 Å². The molecule has 0 spiro atoms. The molecular formula is C30H29N3O5S. The lowest BCUT2D eigenvalue weighted by atomic mass is 10.00. The van der Waals surface area contributed by atoms with E-state index in [1.54, 1.807) is 18.3 Å². The lowest BCUT2D eigenvalue weighted by Crippen LogP contribution is -2.41. The van der Waals surface area contributed by atoms with E-state index in [0.29, 0.717) is 23.7 Å². The van der Waals surface area contributed by atoms with Crippen LogP contribution in [0.25, 0.3) is 10.6 Å². The maximum Gasteiger partial charge on any atom is 0.344 e. The number of piperidine rings is 1. The highest BCUT2D eigenvalue weighted by atomic mass is 32.1. The van der Waals surface area contributed by atoms with Gasteiger partial charge in [-0.05, 0) is 55.7 Å². The van der Waals surface area contributed by atoms with Crippen LogP contribution in [-0.2, 0) is 20.9 Å². The van der Waals surface area contributed by atoms with Crippen molar-refractivity contribution in [1.82, 2.24) is 14.9 Å². The molecule has 0 radical (unpaired) electrons. The molecular weight excluding hydrogens is 514 g/mol. The first-order valence-corrected chi connectivity index (χ1v) is 13.8. The van der Waals surface area contributed by atoms with Crippen molar-refractivity contribution in [3.8, 4) is 22.1 Å². The van der Waals surface area contributed by atoms with Crippen molar-refractivity contribution in [3.63, 3.8) is 0 Å². The molecule has 5 rings (SSSR count). The molecule has 200 valence electrons. The van der Waals surface area contributed by atoms with Crippen molar-refractivity contribution in [2.45, 2.75) is 31.9 Å². The summed E-state index contributed by atoms with van der Waals surface area (Å²) < 4.78 is 16.5. The van der Waals surface area contributed by atoms with Gasteiger partial charge in [0.15, 0.2) is 13.2 Å². The first kappa shape index (κ1) is 26.4. The van der Waals surface area contributed by atoms with Crippen molar-refractivity contribution in [2.24, 2.45) is 0 Å². The Bertz CT molecular complexity index is 1380. The zero-order chi connectivity index (χ0) is 26.9. The molecule has 1 aliphatic heterocycles. The van der Waals surface area contributed by atoms with Gasteiger partial charge < -0.3 is 19.1 Å². The minimum absolute atomic E-state index is 0.000329. The number of nitrogens with zero attached hydrogens (tertiary/aromatic N) is 3. The molecule has 3 heterocycles. The van der Waals surface area contributed by atoms with E-state index in [2.05, 4.69) is 4.98 Å². The molecule has 1 amide bonds. The summed E-state index contributed by atoms with van der Waals surface area (Å²) in [7, 11) is 0. The van der Waals surface area contributed by atoms with Crippen LogP contribution in [0.3, 0.4) is 0 Å². The fourth-order valence-electron chi connectivity index (χ4n) is 4.40. The van der Waals surface area contributed by atoms with Gasteiger partial charge in [-0.3, -0.25) is 9.78 Å². The number of pyridine rings is 1. The van der Waals surface area contributed by atoms with Crippen molar-refractivity contribution in [2.75, 3.05) is 19.8 Å². The van der Waals surface area contributed by atoms with Crippen LogP contribution in [0.1, 0.15) is 36.7 Å². The molecule has 0 unspecified atom stereocenters. The third kappa shape index (κ3) is 7.20. The van der Waals surface area contributed by atoms with E-state index in [4.69, 9.17) is 19.2 Å². The van der Waals surface area contributed by atoms with Gasteiger partial charge in [0.25, 0.3) is 5.91 Å². The minimum Gasteiger partial charge on any atom is -0.484 e. The lowest BCUT2D eigenvalue weighted by Gasteiger charge is -2.34. The zero-order valence-corrected chi connectivity index (χ0v) is 22.2. The second kappa shape index (κ2) is 13.0. The van der Waals surface area contributed by atoms with E-state index in [0.717, 1.165) is 35.5 Å². The molecule has 39 heavy (non-hydrogen) atoms. The van der Waals surface area contributed by atoms with Crippen molar-refractivity contribution >= 4 is 23.2 Å². The average Bonchev–Trinajstić information content (AvgIpc) is 3.49. The molecule has 9 heteroatoms. The predicted octanol–water partition coefficient (Wildman–Crippen LogP) is 5.46. The highest BCUT2D eigenvalue weighted by Gasteiger charge is 2.30. The van der Waals surface area contributed by atoms with Crippen LogP contribution < -0.4 is 9.47 Å². The largest absolute Gasteiger partial charge is 0.484 e. The molecule has 2 aromatic carbocycles. The van der Waals surface area contributed by atoms with Crippen LogP contribution in [-0.4, -0.2) is 46.5 Å². The fourth-order valence-corrected chi connectivity index (χ4v) is 5.26. The van der Waals surface area contributed by atoms with Gasteiger partial charge in [0.1, 0.15) is 23.1 Å². The van der Waals surface area contributed by atoms with Crippen LogP contribution in [0.2, 0.25) is 0 Å². The molecule has 2 aromatic heterocycles. The summed E-state index contributed by atoms with van der Waals surface area (Å²) in [6, 6.07) is 22.1. The second-order valence-electron chi connectivity index (χ2n) is 9.08. The van der Waals surface area contributed by atoms with Gasteiger partial charge >= 0.3 is 5.97 Å². The number of carbonyl (C=O) groups is 2. The molecule has 0 N–H and O–H groups in total. The van der Waals surface area contributed by atoms with Gasteiger partial charge in [0, 0.05) is 23.7 Å². The van der Waals surface area contributed by atoms with Crippen molar-refractivity contribution in [1.29, 1.82) is 0 Å². The number of rotatable bonds is 10. The zero-order valence-electron chi connectivity index (χ0n) is 21.4. The van der Waals surface area contributed by atoms with Gasteiger partial charge in [-0.2, -0.15) is 0 Å². The van der Waals surface area contributed by atoms with E-state index in [-0.39, 0.29) is 31.8 Å². The Labute approximate surface area is 231 Å². The van der Waals surface area contributed by atoms with Gasteiger partial charge in [0.2, 0.25) is 0 Å². The van der Waals surface area contributed by atoms with E-state index in [1.807, 2.05) is 70.9 Å². The summed E-state index contributed by atoms with van der Waals surface area (Å²) in [5, 5.41) is 2.84. The molecule has 1 atom stereocenters. The monoisotopic (exact) mass is 543 g/mol. The number of carbonyl (C=O) groups excluding carboxylic acids is 2. The van der Waals surface area contributed by atoms with Crippen LogP contribution in [0, 0.1) is 0 Å². The van der Waals surface area contributed by atoms with E-state index >= 15 is 0 Å². The Kier molecular flexibility index (Phi) is 8.80. The Morgan fingerprint density at radius 3 is 2.38 bits per heavy atom. The smallest absolute Gasteiger partial charge is 0.344 e. The Morgan fingerprint density at radius 2 is 1.64 bits per heavy atom. The third-order valence-corrected chi connectivity index (χ3v) is 7.25. The Balaban J connectivity index is 1.19. The summed E-state index contributed by atoms with van der Waals surface area (Å²) >= 11 is 1.52. The summed E-state index contributed by atoms with van der Waals surface area (Å²) in [6.45, 7) is 0.551. The normalized spacial score (nSPS) is 15.0. The van der Waals surface area contributed by atoms with Gasteiger partial charge in [-0.25, -0.2) is 9.78 Å². The van der Waals surface area contributed by atoms with Gasteiger partial charge in [-0.15, -0.1) is 11.3 Å². The second-order valence-corrected chi connectivity index (χ2v) is 9.93. The van der Waals surface area contributed by atoms with Crippen molar-refractivity contribution < 1.29 is 23.8 Å². The van der Waals surface area contributed by atoms with Crippen LogP contribution >= 0.6 is 11.3 Å². The molecule has 1 aliphatic rings. The van der Waals surface area contributed by atoms with Crippen molar-refractivity contribution in [3.05, 3.63) is 95.8 Å². The standard InChI is InChI=1S/C30H29N3O5S/c34-28(19-36-24-9-3-1-4-10-24)33-16-8-7-13-27(33)26-21-39-30(32-26)22-14-15-31-23(17-22)18-38-29(35)20-37-25-11-5-2-6-12-25/h1-6,9-12,14-15,17,21,27H,7-8,13,16,18-20H2/t27-/m1/s1. The van der Waals surface area contributed by atoms with Gasteiger partial charge in [0.05, 0.1) is 17.4 Å². The maximum atomic E-state index is 13.0. The van der Waals surface area contributed by atoms with E-state index in [1.165, 1.54) is 11.3 Å². The highest BCUT2D eigenvalue weighted by Crippen LogP contribution is 2.34. The first-order chi connectivity index (χ1) is 19.2. The fraction of sp³-hybridized carbons (Fsp3) is 0.267. The quantitative estimate of drug-likeness (QED) is 0.245. The number of benzene rings is 2. The number of amides is 1. The first-order valence-electron chi connectivity index (χ1n) is 12.9. The lowest BCUT2D eigenvalue weighted by molar-refractivity contribution is -0.147. The Morgan fingerprint density at radius 1 is 0.923 bits per heavy atom. The molecule has 1 fully saturated rings. The number of para-hydroxylation sites is 2. The Hall–Kier alpha value is -4.24. The molecule has 1 saturated heterocycles. The molecule has 0 saturated carbocycles. The average molecular weight is 544 g/mol. The maximum absolute atomic E-state index is 13.0. The highest BCUT2D eigenvalue weighted by molar-refractivity contribution is 7.13. The summed E-state index contributed by atoms with van der Waals surface area (Å²) in [5.74, 6) is 0.776. The number of thiazole rings is 1. The van der Waals surface area contributed by atoms with Gasteiger partial charge in [-0.1, -0.05) is 36.4 Å². The topological polar surface area (TPSA) is 90.9 Å². The number of ether oxygens (including phenoxy) is 3. The molecule has 0 bridgehead atoms. The number of hydrogen-bond donors (Lipinski definition) is 0. The van der Waals surface area contributed by atoms with Crippen LogP contribution in [0.5, 0.6) is 11.5 Å². The number of hydrogen-bond acceptors (Lipinski definition) is 8. The molecule has 0 aliphatic carbocycles. The number of likely N-dealkylation sites (tertiary alicyclic amines) is 1. The third-order valence-electron chi connectivity index (χ3n) is 6.34. The summed E-state index contributed by atoms with van der Waals surface area (Å²) in [6.07, 6.45) is 4.55. The summed E-state index contributed by atoms with van der Waals surface area (Å²) in [5.41, 5.74) is 2.38. The minimum atomic E-state index is -0.471. The van der Waals surface area contributed by atoms with Crippen LogP contribution in [0.4, 0.5) is 0 Å².